The first-order valence-electron chi connectivity index (χ1n) is 15.4. The molecule has 0 aromatic heterocycles. The summed E-state index contributed by atoms with van der Waals surface area (Å²) in [6, 6.07) is 6.89. The number of anilines is 1. The van der Waals surface area contributed by atoms with Crippen LogP contribution in [-0.2, 0) is 20.9 Å². The van der Waals surface area contributed by atoms with E-state index in [1.54, 1.807) is 36.3 Å². The molecule has 0 bridgehead atoms. The van der Waals surface area contributed by atoms with Gasteiger partial charge in [-0.3, -0.25) is 19.8 Å². The molecule has 2 aromatic rings. The maximum absolute atomic E-state index is 13.8. The Morgan fingerprint density at radius 3 is 2.34 bits per heavy atom. The van der Waals surface area contributed by atoms with Gasteiger partial charge in [-0.05, 0) is 67.0 Å². The average molecular weight is 661 g/mol. The number of nitrogens with one attached hydrogen (secondary N) is 2. The van der Waals surface area contributed by atoms with Gasteiger partial charge in [-0.2, -0.15) is 13.2 Å². The maximum atomic E-state index is 13.8. The van der Waals surface area contributed by atoms with Crippen molar-refractivity contribution >= 4 is 35.2 Å². The summed E-state index contributed by atoms with van der Waals surface area (Å²) in [6.45, 7) is 7.18. The van der Waals surface area contributed by atoms with Gasteiger partial charge in [-0.25, -0.2) is 4.79 Å². The first-order valence-corrected chi connectivity index (χ1v) is 15.4. The number of hydrogen-bond acceptors (Lipinski definition) is 9. The summed E-state index contributed by atoms with van der Waals surface area (Å²) in [5, 5.41) is 11.4. The number of rotatable bonds is 11. The molecule has 2 aromatic carbocycles. The first-order chi connectivity index (χ1) is 22.2. The number of methoxy groups -OCH3 is 1. The lowest BCUT2D eigenvalue weighted by molar-refractivity contribution is -0.202. The SMILES string of the molecule is CCOc1cc2c(cc1C(=O)NC)C(=N)N(CC(=O)c1cc(C(C)C)c(OC)c(N3CCC(CC(=O)OC(=O)C(F)(F)F)CC3)c1)C2. The van der Waals surface area contributed by atoms with E-state index in [0.717, 1.165) is 11.1 Å². The summed E-state index contributed by atoms with van der Waals surface area (Å²) in [7, 11) is 3.05. The lowest BCUT2D eigenvalue weighted by Gasteiger charge is -2.35. The number of nitrogens with zero attached hydrogens (tertiary/aromatic N) is 2. The van der Waals surface area contributed by atoms with Crippen LogP contribution in [0.1, 0.15) is 83.4 Å². The minimum absolute atomic E-state index is 0.00983. The van der Waals surface area contributed by atoms with E-state index in [1.807, 2.05) is 25.7 Å². The molecule has 1 fully saturated rings. The number of amides is 1. The third-order valence-electron chi connectivity index (χ3n) is 8.34. The van der Waals surface area contributed by atoms with Crippen LogP contribution >= 0.6 is 0 Å². The molecule has 0 radical (unpaired) electrons. The first kappa shape index (κ1) is 35.2. The Labute approximate surface area is 270 Å². The highest BCUT2D eigenvalue weighted by atomic mass is 19.4. The quantitative estimate of drug-likeness (QED) is 0.197. The van der Waals surface area contributed by atoms with Crippen molar-refractivity contribution in [3.63, 3.8) is 0 Å². The molecule has 0 unspecified atom stereocenters. The number of Topliss-reactive ketones (excluding diaryl/α,β-unsaturated/α-hetero) is 1. The molecule has 11 nitrogen and oxygen atoms in total. The fraction of sp³-hybridized carbons (Fsp3) is 0.485. The van der Waals surface area contributed by atoms with Gasteiger partial charge in [0, 0.05) is 44.2 Å². The van der Waals surface area contributed by atoms with Gasteiger partial charge in [0.2, 0.25) is 0 Å². The molecule has 0 aliphatic carbocycles. The average Bonchev–Trinajstić information content (AvgIpc) is 3.32. The van der Waals surface area contributed by atoms with Gasteiger partial charge in [0.15, 0.2) is 5.78 Å². The van der Waals surface area contributed by atoms with E-state index in [1.165, 1.54) is 7.05 Å². The van der Waals surface area contributed by atoms with E-state index in [4.69, 9.17) is 14.9 Å². The van der Waals surface area contributed by atoms with Crippen LogP contribution in [0.2, 0.25) is 0 Å². The number of piperidine rings is 1. The summed E-state index contributed by atoms with van der Waals surface area (Å²) < 4.78 is 52.8. The number of ether oxygens (including phenoxy) is 3. The van der Waals surface area contributed by atoms with Crippen molar-refractivity contribution in [2.24, 2.45) is 5.92 Å². The van der Waals surface area contributed by atoms with Gasteiger partial charge in [0.25, 0.3) is 5.91 Å². The topological polar surface area (TPSA) is 138 Å². The standard InChI is InChI=1S/C33H39F3N4O7/c1-6-46-27-14-21-16-40(30(37)23(21)15-24(27)31(43)38-4)17-26(41)20-12-22(18(2)3)29(45-5)25(13-20)39-9-7-19(8-10-39)11-28(42)47-32(44)33(34,35)36/h12-15,18-19,37H,6-11,16-17H2,1-5H3,(H,38,43). The molecular formula is C33H39F3N4O7. The molecule has 4 rings (SSSR count). The number of hydrogen-bond donors (Lipinski definition) is 2. The van der Waals surface area contributed by atoms with Gasteiger partial charge in [-0.1, -0.05) is 13.8 Å². The van der Waals surface area contributed by atoms with Crippen LogP contribution in [-0.4, -0.2) is 80.9 Å². The van der Waals surface area contributed by atoms with Gasteiger partial charge in [-0.15, -0.1) is 0 Å². The molecule has 14 heteroatoms. The van der Waals surface area contributed by atoms with Crippen LogP contribution in [0.4, 0.5) is 18.9 Å². The van der Waals surface area contributed by atoms with Crippen LogP contribution < -0.4 is 19.7 Å². The van der Waals surface area contributed by atoms with Gasteiger partial charge in [0.1, 0.15) is 17.3 Å². The molecule has 1 saturated heterocycles. The predicted molar refractivity (Wildman–Crippen MR) is 166 cm³/mol. The highest BCUT2D eigenvalue weighted by Gasteiger charge is 2.42. The number of carbonyl (C=O) groups excluding carboxylic acids is 4. The second kappa shape index (κ2) is 14.4. The number of fused-ring (bicyclic) bond motifs is 1. The Morgan fingerprint density at radius 1 is 1.09 bits per heavy atom. The zero-order valence-corrected chi connectivity index (χ0v) is 27.0. The molecule has 0 saturated carbocycles. The highest BCUT2D eigenvalue weighted by Crippen LogP contribution is 2.40. The summed E-state index contributed by atoms with van der Waals surface area (Å²) >= 11 is 0. The van der Waals surface area contributed by atoms with Crippen molar-refractivity contribution in [3.8, 4) is 11.5 Å². The summed E-state index contributed by atoms with van der Waals surface area (Å²) in [5.41, 5.74) is 3.53. The van der Waals surface area contributed by atoms with Gasteiger partial charge in [0.05, 0.1) is 31.5 Å². The van der Waals surface area contributed by atoms with Crippen LogP contribution in [0.3, 0.4) is 0 Å². The molecular weight excluding hydrogens is 621 g/mol. The molecule has 2 heterocycles. The van der Waals surface area contributed by atoms with E-state index in [0.29, 0.717) is 73.0 Å². The number of ketones is 1. The molecule has 254 valence electrons. The van der Waals surface area contributed by atoms with Gasteiger partial charge >= 0.3 is 18.1 Å². The Hall–Kier alpha value is -4.62. The van der Waals surface area contributed by atoms with E-state index in [9.17, 15) is 32.3 Å². The van der Waals surface area contributed by atoms with E-state index < -0.39 is 18.1 Å². The van der Waals surface area contributed by atoms with Crippen molar-refractivity contribution in [1.29, 1.82) is 5.41 Å². The normalized spacial score (nSPS) is 15.0. The largest absolute Gasteiger partial charge is 0.494 e. The molecule has 0 spiro atoms. The lowest BCUT2D eigenvalue weighted by atomic mass is 9.91. The number of alkyl halides is 3. The third-order valence-corrected chi connectivity index (χ3v) is 8.34. The van der Waals surface area contributed by atoms with Crippen molar-refractivity contribution in [2.45, 2.75) is 58.7 Å². The summed E-state index contributed by atoms with van der Waals surface area (Å²) in [6.07, 6.45) is -4.67. The molecule has 2 N–H and O–H groups in total. The Morgan fingerprint density at radius 2 is 1.77 bits per heavy atom. The number of carbonyl (C=O) groups is 4. The Bertz CT molecular complexity index is 1570. The van der Waals surface area contributed by atoms with E-state index in [-0.39, 0.29) is 42.3 Å². The molecule has 47 heavy (non-hydrogen) atoms. The maximum Gasteiger partial charge on any atom is 0.491 e. The molecule has 1 amide bonds. The minimum atomic E-state index is -5.24. The second-order valence-electron chi connectivity index (χ2n) is 11.8. The molecule has 0 atom stereocenters. The van der Waals surface area contributed by atoms with E-state index in [2.05, 4.69) is 10.1 Å². The number of amidine groups is 1. The number of halogens is 3. The fourth-order valence-corrected chi connectivity index (χ4v) is 5.91. The second-order valence-corrected chi connectivity index (χ2v) is 11.8. The highest BCUT2D eigenvalue weighted by molar-refractivity contribution is 6.08. The number of benzene rings is 2. The van der Waals surface area contributed by atoms with Crippen LogP contribution in [0, 0.1) is 11.3 Å². The van der Waals surface area contributed by atoms with Crippen molar-refractivity contribution in [1.82, 2.24) is 10.2 Å². The van der Waals surface area contributed by atoms with Crippen molar-refractivity contribution < 1.29 is 46.6 Å². The Kier molecular flexibility index (Phi) is 10.8. The lowest BCUT2D eigenvalue weighted by Crippen LogP contribution is -2.36. The Balaban J connectivity index is 1.52. The monoisotopic (exact) mass is 660 g/mol. The van der Waals surface area contributed by atoms with E-state index >= 15 is 0 Å². The smallest absolute Gasteiger partial charge is 0.491 e. The summed E-state index contributed by atoms with van der Waals surface area (Å²) in [4.78, 5) is 52.9. The van der Waals surface area contributed by atoms with Crippen LogP contribution in [0.5, 0.6) is 11.5 Å². The molecule has 2 aliphatic heterocycles. The van der Waals surface area contributed by atoms with Crippen molar-refractivity contribution in [3.05, 3.63) is 52.1 Å². The van der Waals surface area contributed by atoms with Crippen LogP contribution in [0.25, 0.3) is 0 Å². The van der Waals surface area contributed by atoms with Gasteiger partial charge < -0.3 is 29.3 Å². The zero-order chi connectivity index (χ0) is 34.6. The third kappa shape index (κ3) is 7.86. The van der Waals surface area contributed by atoms with Crippen molar-refractivity contribution in [2.75, 3.05) is 45.3 Å². The minimum Gasteiger partial charge on any atom is -0.494 e. The molecule has 2 aliphatic rings. The van der Waals surface area contributed by atoms with Crippen LogP contribution in [0.15, 0.2) is 24.3 Å². The zero-order valence-electron chi connectivity index (χ0n) is 27.0. The predicted octanol–water partition coefficient (Wildman–Crippen LogP) is 4.84. The number of esters is 2. The fourth-order valence-electron chi connectivity index (χ4n) is 5.91. The summed E-state index contributed by atoms with van der Waals surface area (Å²) in [5.74, 6) is -3.48.